The lowest BCUT2D eigenvalue weighted by Gasteiger charge is -2.25. The molecule has 32 heavy (non-hydrogen) atoms. The number of anilines is 1. The van der Waals surface area contributed by atoms with E-state index in [1.54, 1.807) is 21.3 Å². The van der Waals surface area contributed by atoms with Crippen molar-refractivity contribution in [2.45, 2.75) is 43.9 Å². The number of amides is 1. The molecular formula is C24H30N4O3S. The standard InChI is InChI=1S/C24H30N4O3S/c1-3-28(19-10-6-4-7-11-19)24(29)15-14-23-25-21-18-20(12-13-22(21)26(23)2)32(30,31)27-16-8-5-9-17-27/h4,6-7,10-13,18H,3,5,8-9,14-17H2,1-2H3. The van der Waals surface area contributed by atoms with Crippen LogP contribution in [-0.2, 0) is 28.3 Å². The summed E-state index contributed by atoms with van der Waals surface area (Å²) in [4.78, 5) is 19.6. The molecule has 1 aliphatic rings. The molecule has 0 radical (unpaired) electrons. The lowest BCUT2D eigenvalue weighted by atomic mass is 10.2. The van der Waals surface area contributed by atoms with E-state index >= 15 is 0 Å². The summed E-state index contributed by atoms with van der Waals surface area (Å²) in [5.41, 5.74) is 2.39. The fraction of sp³-hybridized carbons (Fsp3) is 0.417. The molecule has 0 atom stereocenters. The van der Waals surface area contributed by atoms with E-state index < -0.39 is 10.0 Å². The van der Waals surface area contributed by atoms with Crippen molar-refractivity contribution in [1.29, 1.82) is 0 Å². The highest BCUT2D eigenvalue weighted by atomic mass is 32.2. The van der Waals surface area contributed by atoms with Gasteiger partial charge in [-0.25, -0.2) is 13.4 Å². The maximum absolute atomic E-state index is 13.0. The Morgan fingerprint density at radius 2 is 1.78 bits per heavy atom. The molecule has 1 aliphatic heterocycles. The molecule has 0 unspecified atom stereocenters. The van der Waals surface area contributed by atoms with Crippen LogP contribution in [0.25, 0.3) is 11.0 Å². The van der Waals surface area contributed by atoms with Crippen molar-refractivity contribution >= 4 is 32.7 Å². The number of aromatic nitrogens is 2. The Labute approximate surface area is 189 Å². The number of aryl methyl sites for hydroxylation is 2. The summed E-state index contributed by atoms with van der Waals surface area (Å²) in [7, 11) is -1.60. The lowest BCUT2D eigenvalue weighted by Crippen LogP contribution is -2.35. The average Bonchev–Trinajstić information content (AvgIpc) is 3.14. The summed E-state index contributed by atoms with van der Waals surface area (Å²) in [6.07, 6.45) is 3.70. The Hall–Kier alpha value is -2.71. The third-order valence-electron chi connectivity index (χ3n) is 6.15. The second kappa shape index (κ2) is 9.42. The largest absolute Gasteiger partial charge is 0.331 e. The molecule has 8 heteroatoms. The molecule has 2 heterocycles. The van der Waals surface area contributed by atoms with Gasteiger partial charge >= 0.3 is 0 Å². The number of sulfonamides is 1. The molecule has 1 amide bonds. The van der Waals surface area contributed by atoms with E-state index in [1.165, 1.54) is 0 Å². The van der Waals surface area contributed by atoms with Crippen molar-refractivity contribution in [3.05, 3.63) is 54.4 Å². The van der Waals surface area contributed by atoms with Crippen LogP contribution in [0.4, 0.5) is 5.69 Å². The Kier molecular flexibility index (Phi) is 6.62. The van der Waals surface area contributed by atoms with Crippen LogP contribution in [0.1, 0.15) is 38.4 Å². The minimum Gasteiger partial charge on any atom is -0.331 e. The minimum absolute atomic E-state index is 0.0409. The van der Waals surface area contributed by atoms with Crippen molar-refractivity contribution in [1.82, 2.24) is 13.9 Å². The van der Waals surface area contributed by atoms with Gasteiger partial charge in [0, 0.05) is 45.2 Å². The predicted octanol–water partition coefficient (Wildman–Crippen LogP) is 3.73. The Bertz CT molecular complexity index is 1200. The van der Waals surface area contributed by atoms with E-state index in [-0.39, 0.29) is 10.8 Å². The van der Waals surface area contributed by atoms with E-state index in [2.05, 4.69) is 4.98 Å². The molecule has 170 valence electrons. The summed E-state index contributed by atoms with van der Waals surface area (Å²) < 4.78 is 29.6. The molecule has 1 fully saturated rings. The van der Waals surface area contributed by atoms with Crippen molar-refractivity contribution < 1.29 is 13.2 Å². The average molecular weight is 455 g/mol. The molecule has 0 N–H and O–H groups in total. The monoisotopic (exact) mass is 454 g/mol. The number of benzene rings is 2. The molecule has 0 spiro atoms. The molecule has 4 rings (SSSR count). The van der Waals surface area contributed by atoms with Crippen molar-refractivity contribution in [2.75, 3.05) is 24.5 Å². The van der Waals surface area contributed by atoms with Gasteiger partial charge < -0.3 is 9.47 Å². The maximum Gasteiger partial charge on any atom is 0.243 e. The van der Waals surface area contributed by atoms with Crippen LogP contribution in [0, 0.1) is 0 Å². The van der Waals surface area contributed by atoms with Crippen molar-refractivity contribution in [3.63, 3.8) is 0 Å². The van der Waals surface area contributed by atoms with Gasteiger partial charge in [-0.1, -0.05) is 24.6 Å². The zero-order chi connectivity index (χ0) is 22.7. The van der Waals surface area contributed by atoms with Crippen LogP contribution >= 0.6 is 0 Å². The fourth-order valence-electron chi connectivity index (χ4n) is 4.33. The molecule has 0 aliphatic carbocycles. The Morgan fingerprint density at radius 3 is 2.47 bits per heavy atom. The molecule has 0 bridgehead atoms. The van der Waals surface area contributed by atoms with E-state index in [4.69, 9.17) is 0 Å². The number of hydrogen-bond donors (Lipinski definition) is 0. The third-order valence-corrected chi connectivity index (χ3v) is 8.04. The first-order chi connectivity index (χ1) is 15.4. The third kappa shape index (κ3) is 4.42. The highest BCUT2D eigenvalue weighted by molar-refractivity contribution is 7.89. The molecular weight excluding hydrogens is 424 g/mol. The molecule has 0 saturated carbocycles. The van der Waals surface area contributed by atoms with Gasteiger partial charge in [-0.05, 0) is 50.1 Å². The Balaban J connectivity index is 1.53. The summed E-state index contributed by atoms with van der Waals surface area (Å²) >= 11 is 0. The fourth-order valence-corrected chi connectivity index (χ4v) is 5.87. The molecule has 7 nitrogen and oxygen atoms in total. The van der Waals surface area contributed by atoms with E-state index in [1.807, 2.05) is 54.9 Å². The van der Waals surface area contributed by atoms with Crippen LogP contribution in [0.5, 0.6) is 0 Å². The van der Waals surface area contributed by atoms with Gasteiger partial charge in [0.15, 0.2) is 0 Å². The SMILES string of the molecule is CCN(C(=O)CCc1nc2cc(S(=O)(=O)N3CCCCC3)ccc2n1C)c1ccccc1. The number of fused-ring (bicyclic) bond motifs is 1. The van der Waals surface area contributed by atoms with Crippen LogP contribution in [0.3, 0.4) is 0 Å². The number of rotatable bonds is 7. The second-order valence-electron chi connectivity index (χ2n) is 8.18. The number of piperidine rings is 1. The lowest BCUT2D eigenvalue weighted by molar-refractivity contribution is -0.118. The zero-order valence-electron chi connectivity index (χ0n) is 18.7. The number of hydrogen-bond acceptors (Lipinski definition) is 4. The van der Waals surface area contributed by atoms with Gasteiger partial charge in [0.05, 0.1) is 15.9 Å². The smallest absolute Gasteiger partial charge is 0.243 e. The van der Waals surface area contributed by atoms with Crippen LogP contribution < -0.4 is 4.90 Å². The summed E-state index contributed by atoms with van der Waals surface area (Å²) in [5, 5.41) is 0. The second-order valence-corrected chi connectivity index (χ2v) is 10.1. The van der Waals surface area contributed by atoms with Crippen molar-refractivity contribution in [3.8, 4) is 0 Å². The highest BCUT2D eigenvalue weighted by Gasteiger charge is 2.26. The molecule has 3 aromatic rings. The topological polar surface area (TPSA) is 75.5 Å². The first-order valence-corrected chi connectivity index (χ1v) is 12.7. The van der Waals surface area contributed by atoms with E-state index in [0.29, 0.717) is 38.0 Å². The van der Waals surface area contributed by atoms with Gasteiger partial charge in [0.1, 0.15) is 5.82 Å². The van der Waals surface area contributed by atoms with E-state index in [9.17, 15) is 13.2 Å². The minimum atomic E-state index is -3.50. The zero-order valence-corrected chi connectivity index (χ0v) is 19.5. The quantitative estimate of drug-likeness (QED) is 0.545. The molecule has 1 aromatic heterocycles. The maximum atomic E-state index is 13.0. The summed E-state index contributed by atoms with van der Waals surface area (Å²) in [6.45, 7) is 3.71. The van der Waals surface area contributed by atoms with Crippen LogP contribution in [0.2, 0.25) is 0 Å². The number of nitrogens with zero attached hydrogens (tertiary/aromatic N) is 4. The van der Waals surface area contributed by atoms with E-state index in [0.717, 1.165) is 36.3 Å². The van der Waals surface area contributed by atoms with Crippen LogP contribution in [0.15, 0.2) is 53.4 Å². The first kappa shape index (κ1) is 22.5. The number of carbonyl (C=O) groups excluding carboxylic acids is 1. The number of carbonyl (C=O) groups is 1. The van der Waals surface area contributed by atoms with Crippen LogP contribution in [-0.4, -0.2) is 47.8 Å². The van der Waals surface area contributed by atoms with Gasteiger partial charge in [-0.3, -0.25) is 4.79 Å². The normalized spacial score (nSPS) is 15.2. The Morgan fingerprint density at radius 1 is 1.06 bits per heavy atom. The first-order valence-electron chi connectivity index (χ1n) is 11.2. The van der Waals surface area contributed by atoms with Gasteiger partial charge in [0.25, 0.3) is 0 Å². The van der Waals surface area contributed by atoms with Crippen molar-refractivity contribution in [2.24, 2.45) is 7.05 Å². The van der Waals surface area contributed by atoms with Gasteiger partial charge in [-0.2, -0.15) is 4.31 Å². The number of para-hydroxylation sites is 1. The predicted molar refractivity (Wildman–Crippen MR) is 126 cm³/mol. The molecule has 1 saturated heterocycles. The van der Waals surface area contributed by atoms with Gasteiger partial charge in [-0.15, -0.1) is 0 Å². The van der Waals surface area contributed by atoms with Gasteiger partial charge in [0.2, 0.25) is 15.9 Å². The summed E-state index contributed by atoms with van der Waals surface area (Å²) in [5.74, 6) is 0.809. The summed E-state index contributed by atoms with van der Waals surface area (Å²) in [6, 6.07) is 14.8. The highest BCUT2D eigenvalue weighted by Crippen LogP contribution is 2.25. The number of imidazole rings is 1. The molecule has 2 aromatic carbocycles.